The molecule has 0 amide bonds. The quantitative estimate of drug-likeness (QED) is 0.331. The van der Waals surface area contributed by atoms with Gasteiger partial charge in [-0.25, -0.2) is 18.2 Å². The molecule has 7 rings (SSSR count). The van der Waals surface area contributed by atoms with Crippen molar-refractivity contribution in [1.82, 2.24) is 9.97 Å². The Balaban J connectivity index is 1.57. The first kappa shape index (κ1) is 21.7. The number of aromatic amines is 1. The lowest BCUT2D eigenvalue weighted by Gasteiger charge is -2.43. The molecule has 2 N–H and O–H groups in total. The Morgan fingerprint density at radius 2 is 1.80 bits per heavy atom. The van der Waals surface area contributed by atoms with E-state index in [-0.39, 0.29) is 39.6 Å². The lowest BCUT2D eigenvalue weighted by molar-refractivity contribution is 0.157. The van der Waals surface area contributed by atoms with Crippen LogP contribution in [-0.4, -0.2) is 16.0 Å². The number of nitrogens with one attached hydrogen (secondary N) is 2. The fourth-order valence-electron chi connectivity index (χ4n) is 5.92. The summed E-state index contributed by atoms with van der Waals surface area (Å²) in [5.74, 6) is -0.914. The standard InChI is InChI=1S/C28H23F3N4/c29-18-11-19-21(14-33-27(19)22(30)12-18)26-20(13-32)24(17-4-2-1-3-5-17)25(31)28(35-26)34-23-10-15-6-8-16(23)9-7-15/h1-5,11-12,14-16,23,33H,6-10H2,(H,34,35). The van der Waals surface area contributed by atoms with Crippen LogP contribution < -0.4 is 5.32 Å². The van der Waals surface area contributed by atoms with Gasteiger partial charge < -0.3 is 10.3 Å². The van der Waals surface area contributed by atoms with E-state index in [1.165, 1.54) is 25.1 Å². The molecule has 0 saturated heterocycles. The first-order valence-electron chi connectivity index (χ1n) is 12.0. The normalized spacial score (nSPS) is 21.3. The van der Waals surface area contributed by atoms with Gasteiger partial charge in [-0.15, -0.1) is 0 Å². The lowest BCUT2D eigenvalue weighted by atomic mass is 9.68. The number of H-pyrrole nitrogens is 1. The largest absolute Gasteiger partial charge is 0.365 e. The highest BCUT2D eigenvalue weighted by atomic mass is 19.1. The van der Waals surface area contributed by atoms with Gasteiger partial charge in [0.2, 0.25) is 0 Å². The average Bonchev–Trinajstić information content (AvgIpc) is 3.30. The summed E-state index contributed by atoms with van der Waals surface area (Å²) in [6.45, 7) is 0. The predicted octanol–water partition coefficient (Wildman–Crippen LogP) is 7.18. The summed E-state index contributed by atoms with van der Waals surface area (Å²) < 4.78 is 44.6. The molecule has 0 spiro atoms. The highest BCUT2D eigenvalue weighted by Gasteiger charge is 2.36. The number of hydrogen-bond acceptors (Lipinski definition) is 3. The van der Waals surface area contributed by atoms with Crippen molar-refractivity contribution in [3.8, 4) is 28.5 Å². The summed E-state index contributed by atoms with van der Waals surface area (Å²) in [7, 11) is 0. The van der Waals surface area contributed by atoms with E-state index in [9.17, 15) is 14.0 Å². The average molecular weight is 473 g/mol. The molecule has 3 aliphatic rings. The van der Waals surface area contributed by atoms with Crippen LogP contribution in [0.15, 0.2) is 48.7 Å². The van der Waals surface area contributed by atoms with Gasteiger partial charge in [-0.2, -0.15) is 5.26 Å². The van der Waals surface area contributed by atoms with Gasteiger partial charge in [-0.3, -0.25) is 0 Å². The summed E-state index contributed by atoms with van der Waals surface area (Å²) in [5, 5.41) is 13.7. The fourth-order valence-corrected chi connectivity index (χ4v) is 5.92. The number of anilines is 1. The van der Waals surface area contributed by atoms with Gasteiger partial charge in [-0.05, 0) is 42.7 Å². The Labute approximate surface area is 200 Å². The van der Waals surface area contributed by atoms with Gasteiger partial charge in [0.05, 0.1) is 16.8 Å². The third-order valence-electron chi connectivity index (χ3n) is 7.64. The Morgan fingerprint density at radius 1 is 1.03 bits per heavy atom. The van der Waals surface area contributed by atoms with Crippen molar-refractivity contribution in [3.63, 3.8) is 0 Å². The number of hydrogen-bond donors (Lipinski definition) is 2. The smallest absolute Gasteiger partial charge is 0.174 e. The monoisotopic (exact) mass is 472 g/mol. The third kappa shape index (κ3) is 3.65. The summed E-state index contributed by atoms with van der Waals surface area (Å²) in [4.78, 5) is 7.41. The van der Waals surface area contributed by atoms with Crippen LogP contribution in [0.3, 0.4) is 0 Å². The predicted molar refractivity (Wildman–Crippen MR) is 129 cm³/mol. The number of pyridine rings is 1. The van der Waals surface area contributed by atoms with E-state index in [0.717, 1.165) is 25.3 Å². The maximum absolute atomic E-state index is 16.1. The minimum absolute atomic E-state index is 0.0231. The molecule has 2 aromatic carbocycles. The molecule has 2 aromatic heterocycles. The van der Waals surface area contributed by atoms with Crippen LogP contribution in [0.1, 0.15) is 37.7 Å². The van der Waals surface area contributed by atoms with E-state index < -0.39 is 17.5 Å². The number of nitriles is 1. The molecule has 1 unspecified atom stereocenters. The van der Waals surface area contributed by atoms with Crippen molar-refractivity contribution in [1.29, 1.82) is 5.26 Å². The molecule has 3 aliphatic carbocycles. The maximum Gasteiger partial charge on any atom is 0.174 e. The van der Waals surface area contributed by atoms with Crippen LogP contribution in [0.2, 0.25) is 0 Å². The summed E-state index contributed by atoms with van der Waals surface area (Å²) in [6, 6.07) is 13.1. The first-order chi connectivity index (χ1) is 17.0. The fraction of sp³-hybridized carbons (Fsp3) is 0.286. The Kier molecular flexibility index (Phi) is 5.25. The molecule has 4 aromatic rings. The zero-order valence-electron chi connectivity index (χ0n) is 18.9. The molecule has 1 atom stereocenters. The van der Waals surface area contributed by atoms with Crippen molar-refractivity contribution in [3.05, 3.63) is 71.7 Å². The third-order valence-corrected chi connectivity index (χ3v) is 7.64. The second-order valence-electron chi connectivity index (χ2n) is 9.63. The number of aromatic nitrogens is 2. The van der Waals surface area contributed by atoms with E-state index in [2.05, 4.69) is 21.4 Å². The maximum atomic E-state index is 16.1. The number of halogens is 3. The molecule has 4 nitrogen and oxygen atoms in total. The minimum atomic E-state index is -0.744. The van der Waals surface area contributed by atoms with Crippen molar-refractivity contribution < 1.29 is 13.2 Å². The van der Waals surface area contributed by atoms with Gasteiger partial charge in [0.25, 0.3) is 0 Å². The second-order valence-corrected chi connectivity index (χ2v) is 9.63. The lowest BCUT2D eigenvalue weighted by Crippen LogP contribution is -2.40. The molecule has 0 radical (unpaired) electrons. The highest BCUT2D eigenvalue weighted by molar-refractivity contribution is 5.98. The number of nitrogens with zero attached hydrogens (tertiary/aromatic N) is 2. The molecule has 176 valence electrons. The van der Waals surface area contributed by atoms with Crippen LogP contribution in [0, 0.1) is 40.6 Å². The van der Waals surface area contributed by atoms with E-state index >= 15 is 4.39 Å². The van der Waals surface area contributed by atoms with Gasteiger partial charge in [0.1, 0.15) is 17.7 Å². The number of benzene rings is 2. The molecule has 7 heteroatoms. The van der Waals surface area contributed by atoms with Crippen LogP contribution >= 0.6 is 0 Å². The first-order valence-corrected chi connectivity index (χ1v) is 12.0. The van der Waals surface area contributed by atoms with Gasteiger partial charge in [-0.1, -0.05) is 43.2 Å². The van der Waals surface area contributed by atoms with Crippen molar-refractivity contribution in [2.45, 2.75) is 38.1 Å². The van der Waals surface area contributed by atoms with E-state index in [4.69, 9.17) is 0 Å². The van der Waals surface area contributed by atoms with E-state index in [1.54, 1.807) is 24.3 Å². The second kappa shape index (κ2) is 8.46. The van der Waals surface area contributed by atoms with Gasteiger partial charge in [0.15, 0.2) is 11.6 Å². The molecule has 35 heavy (non-hydrogen) atoms. The van der Waals surface area contributed by atoms with Crippen molar-refractivity contribution in [2.24, 2.45) is 11.8 Å². The molecular weight excluding hydrogens is 449 g/mol. The van der Waals surface area contributed by atoms with Crippen molar-refractivity contribution in [2.75, 3.05) is 5.32 Å². The minimum Gasteiger partial charge on any atom is -0.365 e. The Hall–Kier alpha value is -3.79. The molecule has 3 saturated carbocycles. The molecule has 0 aliphatic heterocycles. The Morgan fingerprint density at radius 3 is 2.49 bits per heavy atom. The van der Waals surface area contributed by atoms with Crippen LogP contribution in [0.5, 0.6) is 0 Å². The SMILES string of the molecule is N#Cc1c(-c2c[nH]c3c(F)cc(F)cc23)nc(NC2CC3CCC2CC3)c(F)c1-c1ccccc1. The van der Waals surface area contributed by atoms with E-state index in [1.807, 2.05) is 6.07 Å². The Bertz CT molecular complexity index is 1460. The number of fused-ring (bicyclic) bond motifs is 4. The molecular formula is C28H23F3N4. The van der Waals surface area contributed by atoms with Crippen LogP contribution in [0.25, 0.3) is 33.3 Å². The topological polar surface area (TPSA) is 64.5 Å². The summed E-state index contributed by atoms with van der Waals surface area (Å²) in [5.41, 5.74) is 1.34. The van der Waals surface area contributed by atoms with E-state index in [0.29, 0.717) is 23.0 Å². The highest BCUT2D eigenvalue weighted by Crippen LogP contribution is 2.44. The zero-order chi connectivity index (χ0) is 24.1. The van der Waals surface area contributed by atoms with Crippen LogP contribution in [-0.2, 0) is 0 Å². The summed E-state index contributed by atoms with van der Waals surface area (Å²) >= 11 is 0. The molecule has 2 heterocycles. The number of rotatable bonds is 4. The van der Waals surface area contributed by atoms with Crippen molar-refractivity contribution >= 4 is 16.7 Å². The van der Waals surface area contributed by atoms with Crippen LogP contribution in [0.4, 0.5) is 19.0 Å². The van der Waals surface area contributed by atoms with Gasteiger partial charge in [0, 0.05) is 34.8 Å². The molecule has 3 fully saturated rings. The zero-order valence-corrected chi connectivity index (χ0v) is 18.9. The molecule has 2 bridgehead atoms. The summed E-state index contributed by atoms with van der Waals surface area (Å²) in [6.07, 6.45) is 7.10. The van der Waals surface area contributed by atoms with Gasteiger partial charge >= 0.3 is 0 Å².